The van der Waals surface area contributed by atoms with Gasteiger partial charge < -0.3 is 14.9 Å². The van der Waals surface area contributed by atoms with Crippen LogP contribution in [0.5, 0.6) is 0 Å². The summed E-state index contributed by atoms with van der Waals surface area (Å²) in [5, 5.41) is 21.2. The Morgan fingerprint density at radius 2 is 2.09 bits per heavy atom. The zero-order valence-electron chi connectivity index (χ0n) is 15.0. The van der Waals surface area contributed by atoms with Gasteiger partial charge in [-0.3, -0.25) is 0 Å². The van der Waals surface area contributed by atoms with Gasteiger partial charge >= 0.3 is 0 Å². The van der Waals surface area contributed by atoms with Crippen molar-refractivity contribution in [1.82, 2.24) is 0 Å². The van der Waals surface area contributed by atoms with Crippen molar-refractivity contribution in [2.45, 2.75) is 65.8 Å². The number of allylic oxidation sites excluding steroid dienone is 4. The van der Waals surface area contributed by atoms with Gasteiger partial charge in [0.05, 0.1) is 12.7 Å². The highest BCUT2D eigenvalue weighted by Crippen LogP contribution is 2.41. The van der Waals surface area contributed by atoms with Gasteiger partial charge in [-0.1, -0.05) is 36.3 Å². The van der Waals surface area contributed by atoms with Crippen molar-refractivity contribution in [3.8, 4) is 0 Å². The molecule has 1 aliphatic heterocycles. The van der Waals surface area contributed by atoms with E-state index in [1.807, 2.05) is 0 Å². The van der Waals surface area contributed by atoms with Crippen LogP contribution in [0.25, 0.3) is 0 Å². The molecule has 3 heteroatoms. The Bertz CT molecular complexity index is 485. The number of hydrogen-bond acceptors (Lipinski definition) is 3. The Labute approximate surface area is 140 Å². The fourth-order valence-corrected chi connectivity index (χ4v) is 3.96. The summed E-state index contributed by atoms with van der Waals surface area (Å²) < 4.78 is 5.49. The smallest absolute Gasteiger partial charge is 0.161 e. The van der Waals surface area contributed by atoms with E-state index in [-0.39, 0.29) is 11.8 Å². The maximum atomic E-state index is 10.9. The lowest BCUT2D eigenvalue weighted by Crippen LogP contribution is -2.38. The van der Waals surface area contributed by atoms with Crippen LogP contribution in [0.15, 0.2) is 34.9 Å². The Kier molecular flexibility index (Phi) is 6.63. The summed E-state index contributed by atoms with van der Waals surface area (Å²) in [6.45, 7) is 9.00. The first-order valence-corrected chi connectivity index (χ1v) is 8.85. The van der Waals surface area contributed by atoms with Gasteiger partial charge in [0.25, 0.3) is 0 Å². The zero-order valence-corrected chi connectivity index (χ0v) is 15.0. The first kappa shape index (κ1) is 18.4. The monoisotopic (exact) mass is 320 g/mol. The van der Waals surface area contributed by atoms with Crippen LogP contribution in [0.4, 0.5) is 0 Å². The first-order valence-electron chi connectivity index (χ1n) is 8.85. The summed E-state index contributed by atoms with van der Waals surface area (Å²) in [6, 6.07) is 0. The highest BCUT2D eigenvalue weighted by atomic mass is 16.6. The van der Waals surface area contributed by atoms with Gasteiger partial charge in [-0.25, -0.2) is 0 Å². The van der Waals surface area contributed by atoms with E-state index in [0.29, 0.717) is 18.9 Å². The molecule has 1 fully saturated rings. The molecule has 0 bridgehead atoms. The second-order valence-electron chi connectivity index (χ2n) is 7.48. The fraction of sp³-hybridized carbons (Fsp3) is 0.700. The maximum Gasteiger partial charge on any atom is 0.161 e. The molecule has 0 aromatic rings. The molecule has 5 atom stereocenters. The summed E-state index contributed by atoms with van der Waals surface area (Å²) in [6.07, 6.45) is 8.96. The van der Waals surface area contributed by atoms with Crippen molar-refractivity contribution in [2.24, 2.45) is 17.8 Å². The summed E-state index contributed by atoms with van der Waals surface area (Å²) in [5.74, 6) is 0.285. The molecule has 1 saturated heterocycles. The van der Waals surface area contributed by atoms with Gasteiger partial charge in [0.1, 0.15) is 0 Å². The van der Waals surface area contributed by atoms with Crippen molar-refractivity contribution in [3.63, 3.8) is 0 Å². The van der Waals surface area contributed by atoms with E-state index in [2.05, 4.69) is 45.9 Å². The normalized spacial score (nSPS) is 37.3. The first-order chi connectivity index (χ1) is 10.9. The average molecular weight is 320 g/mol. The summed E-state index contributed by atoms with van der Waals surface area (Å²) in [7, 11) is 0. The minimum Gasteiger partial charge on any atom is -0.392 e. The molecule has 23 heavy (non-hydrogen) atoms. The van der Waals surface area contributed by atoms with Crippen molar-refractivity contribution >= 4 is 0 Å². The van der Waals surface area contributed by atoms with E-state index < -0.39 is 12.4 Å². The van der Waals surface area contributed by atoms with Crippen LogP contribution in [0.1, 0.15) is 53.4 Å². The van der Waals surface area contributed by atoms with Crippen LogP contribution in [0.2, 0.25) is 0 Å². The van der Waals surface area contributed by atoms with Crippen LogP contribution >= 0.6 is 0 Å². The SMILES string of the molecule is CC(C)=CCC[C@@H](C)[C@H]1[C@H]2/C(=C\C/C=C(\C)C[C@H]1O)CO[C@@H]2O. The third-order valence-electron chi connectivity index (χ3n) is 5.22. The molecule has 2 N–H and O–H groups in total. The van der Waals surface area contributed by atoms with Gasteiger partial charge in [0, 0.05) is 5.92 Å². The second-order valence-corrected chi connectivity index (χ2v) is 7.48. The summed E-state index contributed by atoms with van der Waals surface area (Å²) >= 11 is 0. The predicted molar refractivity (Wildman–Crippen MR) is 93.8 cm³/mol. The molecule has 2 rings (SSSR count). The van der Waals surface area contributed by atoms with Crippen LogP contribution in [-0.2, 0) is 4.74 Å². The van der Waals surface area contributed by atoms with E-state index in [1.54, 1.807) is 0 Å². The average Bonchev–Trinajstić information content (AvgIpc) is 2.82. The molecule has 0 unspecified atom stereocenters. The second kappa shape index (κ2) is 8.27. The highest BCUT2D eigenvalue weighted by Gasteiger charge is 2.42. The van der Waals surface area contributed by atoms with Crippen LogP contribution in [-0.4, -0.2) is 29.2 Å². The van der Waals surface area contributed by atoms with Crippen LogP contribution < -0.4 is 0 Å². The standard InChI is InChI=1S/C20H32O3/c1-13(2)7-5-9-15(4)18-17(21)11-14(3)8-6-10-16-12-23-20(22)19(16)18/h7-8,10,15,17-22H,5-6,9,11-12H2,1-4H3/b14-8+,16-10-/t15-,17-,18-,19-,20+/m1/s1. The molecule has 0 amide bonds. The Balaban J connectivity index is 2.22. The largest absolute Gasteiger partial charge is 0.392 e. The van der Waals surface area contributed by atoms with E-state index in [9.17, 15) is 10.2 Å². The topological polar surface area (TPSA) is 49.7 Å². The minimum absolute atomic E-state index is 0.0331. The molecule has 0 spiro atoms. The lowest BCUT2D eigenvalue weighted by molar-refractivity contribution is -0.111. The Hall–Kier alpha value is -0.900. The number of fused-ring (bicyclic) bond motifs is 1. The molecule has 2 aliphatic rings. The number of ether oxygens (including phenoxy) is 1. The van der Waals surface area contributed by atoms with E-state index in [1.165, 1.54) is 11.1 Å². The lowest BCUT2D eigenvalue weighted by atomic mass is 9.73. The predicted octanol–water partition coefficient (Wildman–Crippen LogP) is 3.98. The Morgan fingerprint density at radius 1 is 1.35 bits per heavy atom. The highest BCUT2D eigenvalue weighted by molar-refractivity contribution is 5.19. The quantitative estimate of drug-likeness (QED) is 0.770. The molecular formula is C20H32O3. The van der Waals surface area contributed by atoms with Crippen molar-refractivity contribution in [3.05, 3.63) is 34.9 Å². The van der Waals surface area contributed by atoms with E-state index >= 15 is 0 Å². The van der Waals surface area contributed by atoms with E-state index in [4.69, 9.17) is 4.74 Å². The van der Waals surface area contributed by atoms with Gasteiger partial charge in [-0.15, -0.1) is 0 Å². The van der Waals surface area contributed by atoms with Crippen molar-refractivity contribution < 1.29 is 14.9 Å². The lowest BCUT2D eigenvalue weighted by Gasteiger charge is -2.35. The molecule has 0 aromatic heterocycles. The number of rotatable bonds is 4. The third kappa shape index (κ3) is 4.79. The summed E-state index contributed by atoms with van der Waals surface area (Å²) in [4.78, 5) is 0. The van der Waals surface area contributed by atoms with Crippen molar-refractivity contribution in [1.29, 1.82) is 0 Å². The Morgan fingerprint density at radius 3 is 2.78 bits per heavy atom. The maximum absolute atomic E-state index is 10.9. The number of hydrogen-bond donors (Lipinski definition) is 2. The molecular weight excluding hydrogens is 288 g/mol. The fourth-order valence-electron chi connectivity index (χ4n) is 3.96. The van der Waals surface area contributed by atoms with E-state index in [0.717, 1.165) is 24.8 Å². The number of aliphatic hydroxyl groups is 2. The molecule has 0 aromatic carbocycles. The van der Waals surface area contributed by atoms with Gasteiger partial charge in [-0.2, -0.15) is 0 Å². The third-order valence-corrected chi connectivity index (χ3v) is 5.22. The molecule has 1 heterocycles. The summed E-state index contributed by atoms with van der Waals surface area (Å²) in [5.41, 5.74) is 3.71. The molecule has 130 valence electrons. The van der Waals surface area contributed by atoms with Gasteiger partial charge in [0.15, 0.2) is 6.29 Å². The van der Waals surface area contributed by atoms with Gasteiger partial charge in [-0.05, 0) is 63.9 Å². The number of aliphatic hydroxyl groups excluding tert-OH is 2. The zero-order chi connectivity index (χ0) is 17.0. The van der Waals surface area contributed by atoms with Crippen LogP contribution in [0.3, 0.4) is 0 Å². The van der Waals surface area contributed by atoms with Crippen LogP contribution in [0, 0.1) is 17.8 Å². The molecule has 0 radical (unpaired) electrons. The molecule has 1 aliphatic carbocycles. The molecule has 3 nitrogen and oxygen atoms in total. The van der Waals surface area contributed by atoms with Gasteiger partial charge in [0.2, 0.25) is 0 Å². The molecule has 0 saturated carbocycles. The minimum atomic E-state index is -0.787. The van der Waals surface area contributed by atoms with Crippen molar-refractivity contribution in [2.75, 3.05) is 6.61 Å².